The molecule has 0 unspecified atom stereocenters. The zero-order valence-corrected chi connectivity index (χ0v) is 9.79. The second kappa shape index (κ2) is 3.89. The fourth-order valence-corrected chi connectivity index (χ4v) is 2.65. The van der Waals surface area contributed by atoms with Crippen LogP contribution in [0.1, 0.15) is 16.7 Å². The summed E-state index contributed by atoms with van der Waals surface area (Å²) in [6, 6.07) is 11.9. The summed E-state index contributed by atoms with van der Waals surface area (Å²) in [5.41, 5.74) is 8.75. The van der Waals surface area contributed by atoms with Gasteiger partial charge in [0.25, 0.3) is 0 Å². The average Bonchev–Trinajstić information content (AvgIpc) is 2.70. The first-order valence-electron chi connectivity index (χ1n) is 5.90. The van der Waals surface area contributed by atoms with Crippen molar-refractivity contribution in [3.63, 3.8) is 0 Å². The lowest BCUT2D eigenvalue weighted by Crippen LogP contribution is -2.37. The Bertz CT molecular complexity index is 582. The van der Waals surface area contributed by atoms with E-state index < -0.39 is 17.2 Å². The van der Waals surface area contributed by atoms with E-state index in [0.29, 0.717) is 18.4 Å². The van der Waals surface area contributed by atoms with Gasteiger partial charge in [-0.1, -0.05) is 30.3 Å². The van der Waals surface area contributed by atoms with Crippen LogP contribution in [0, 0.1) is 11.6 Å². The van der Waals surface area contributed by atoms with E-state index >= 15 is 0 Å². The summed E-state index contributed by atoms with van der Waals surface area (Å²) in [5, 5.41) is 0. The predicted octanol–water partition coefficient (Wildman–Crippen LogP) is 2.92. The molecule has 0 heterocycles. The molecular formula is C15H13F2N. The predicted molar refractivity (Wildman–Crippen MR) is 66.1 cm³/mol. The fourth-order valence-electron chi connectivity index (χ4n) is 2.65. The van der Waals surface area contributed by atoms with Crippen molar-refractivity contribution >= 4 is 0 Å². The lowest BCUT2D eigenvalue weighted by Gasteiger charge is -2.24. The zero-order valence-electron chi connectivity index (χ0n) is 9.79. The highest BCUT2D eigenvalue weighted by Crippen LogP contribution is 2.35. The van der Waals surface area contributed by atoms with Gasteiger partial charge in [-0.05, 0) is 41.7 Å². The third-order valence-corrected chi connectivity index (χ3v) is 3.62. The van der Waals surface area contributed by atoms with Crippen LogP contribution in [0.3, 0.4) is 0 Å². The molecule has 3 heteroatoms. The Morgan fingerprint density at radius 1 is 0.889 bits per heavy atom. The molecule has 0 aromatic heterocycles. The Balaban J connectivity index is 2.01. The van der Waals surface area contributed by atoms with E-state index in [-0.39, 0.29) is 0 Å². The first kappa shape index (κ1) is 11.4. The van der Waals surface area contributed by atoms with Crippen molar-refractivity contribution in [1.82, 2.24) is 0 Å². The SMILES string of the molecule is NC1(c2ccc(F)c(F)c2)Cc2ccccc2C1. The standard InChI is InChI=1S/C15H13F2N/c16-13-6-5-12(7-14(13)17)15(18)8-10-3-1-2-4-11(10)9-15/h1-7H,8-9,18H2. The van der Waals surface area contributed by atoms with Gasteiger partial charge in [0.05, 0.1) is 0 Å². The molecule has 0 fully saturated rings. The van der Waals surface area contributed by atoms with Gasteiger partial charge in [0.15, 0.2) is 11.6 Å². The number of hydrogen-bond donors (Lipinski definition) is 1. The van der Waals surface area contributed by atoms with Crippen LogP contribution < -0.4 is 5.73 Å². The van der Waals surface area contributed by atoms with Crippen LogP contribution in [-0.2, 0) is 18.4 Å². The van der Waals surface area contributed by atoms with E-state index in [1.807, 2.05) is 24.3 Å². The molecule has 1 aliphatic carbocycles. The van der Waals surface area contributed by atoms with Gasteiger partial charge < -0.3 is 5.73 Å². The van der Waals surface area contributed by atoms with Crippen molar-refractivity contribution in [2.45, 2.75) is 18.4 Å². The Labute approximate surface area is 104 Å². The van der Waals surface area contributed by atoms with Crippen molar-refractivity contribution in [3.05, 3.63) is 70.8 Å². The number of hydrogen-bond acceptors (Lipinski definition) is 1. The highest BCUT2D eigenvalue weighted by Gasteiger charge is 2.35. The molecule has 3 rings (SSSR count). The van der Waals surface area contributed by atoms with Crippen molar-refractivity contribution in [1.29, 1.82) is 0 Å². The Kier molecular flexibility index (Phi) is 2.45. The van der Waals surface area contributed by atoms with E-state index in [4.69, 9.17) is 5.73 Å². The Hall–Kier alpha value is -1.74. The topological polar surface area (TPSA) is 26.0 Å². The van der Waals surface area contributed by atoms with Crippen LogP contribution in [0.4, 0.5) is 8.78 Å². The van der Waals surface area contributed by atoms with E-state index in [2.05, 4.69) is 0 Å². The number of rotatable bonds is 1. The summed E-state index contributed by atoms with van der Waals surface area (Å²) in [4.78, 5) is 0. The van der Waals surface area contributed by atoms with E-state index in [1.165, 1.54) is 17.2 Å². The fraction of sp³-hybridized carbons (Fsp3) is 0.200. The second-order valence-corrected chi connectivity index (χ2v) is 4.91. The lowest BCUT2D eigenvalue weighted by atomic mass is 9.88. The molecule has 0 atom stereocenters. The molecule has 0 aliphatic heterocycles. The minimum atomic E-state index is -0.840. The second-order valence-electron chi connectivity index (χ2n) is 4.91. The van der Waals surface area contributed by atoms with Gasteiger partial charge in [-0.2, -0.15) is 0 Å². The van der Waals surface area contributed by atoms with E-state index in [9.17, 15) is 8.78 Å². The van der Waals surface area contributed by atoms with Crippen LogP contribution in [0.5, 0.6) is 0 Å². The molecule has 0 amide bonds. The molecule has 0 saturated heterocycles. The van der Waals surface area contributed by atoms with E-state index in [1.54, 1.807) is 6.07 Å². The first-order chi connectivity index (χ1) is 8.58. The minimum absolute atomic E-state index is 0.627. The molecule has 0 radical (unpaired) electrons. The van der Waals surface area contributed by atoms with Crippen molar-refractivity contribution in [2.24, 2.45) is 5.73 Å². The summed E-state index contributed by atoms with van der Waals surface area (Å²) < 4.78 is 26.3. The number of benzene rings is 2. The average molecular weight is 245 g/mol. The van der Waals surface area contributed by atoms with Gasteiger partial charge in [-0.25, -0.2) is 8.78 Å². The van der Waals surface area contributed by atoms with Crippen LogP contribution in [0.15, 0.2) is 42.5 Å². The van der Waals surface area contributed by atoms with E-state index in [0.717, 1.165) is 6.07 Å². The third kappa shape index (κ3) is 1.71. The van der Waals surface area contributed by atoms with Crippen LogP contribution in [0.2, 0.25) is 0 Å². The molecule has 0 bridgehead atoms. The summed E-state index contributed by atoms with van der Waals surface area (Å²) >= 11 is 0. The van der Waals surface area contributed by atoms with Gasteiger partial charge in [0, 0.05) is 5.54 Å². The number of fused-ring (bicyclic) bond motifs is 1. The van der Waals surface area contributed by atoms with Crippen LogP contribution >= 0.6 is 0 Å². The van der Waals surface area contributed by atoms with Crippen LogP contribution in [0.25, 0.3) is 0 Å². The summed E-state index contributed by atoms with van der Waals surface area (Å²) in [6.45, 7) is 0. The van der Waals surface area contributed by atoms with Gasteiger partial charge in [0.1, 0.15) is 0 Å². The molecule has 1 nitrogen and oxygen atoms in total. The quantitative estimate of drug-likeness (QED) is 0.821. The molecule has 0 spiro atoms. The maximum absolute atomic E-state index is 13.3. The molecule has 1 aliphatic rings. The monoisotopic (exact) mass is 245 g/mol. The molecule has 18 heavy (non-hydrogen) atoms. The summed E-state index contributed by atoms with van der Waals surface area (Å²) in [7, 11) is 0. The van der Waals surface area contributed by atoms with Crippen molar-refractivity contribution < 1.29 is 8.78 Å². The van der Waals surface area contributed by atoms with Gasteiger partial charge >= 0.3 is 0 Å². The summed E-state index contributed by atoms with van der Waals surface area (Å²) in [5.74, 6) is -1.67. The molecule has 0 saturated carbocycles. The minimum Gasteiger partial charge on any atom is -0.321 e. The first-order valence-corrected chi connectivity index (χ1v) is 5.90. The number of nitrogens with two attached hydrogens (primary N) is 1. The van der Waals surface area contributed by atoms with Gasteiger partial charge in [0.2, 0.25) is 0 Å². The normalized spacial score (nSPS) is 16.6. The van der Waals surface area contributed by atoms with Gasteiger partial charge in [-0.3, -0.25) is 0 Å². The lowest BCUT2D eigenvalue weighted by molar-refractivity contribution is 0.458. The highest BCUT2D eigenvalue weighted by molar-refractivity contribution is 5.41. The van der Waals surface area contributed by atoms with Crippen molar-refractivity contribution in [3.8, 4) is 0 Å². The summed E-state index contributed by atoms with van der Waals surface area (Å²) in [6.07, 6.45) is 1.32. The number of halogens is 2. The molecule has 2 N–H and O–H groups in total. The maximum atomic E-state index is 13.3. The third-order valence-electron chi connectivity index (χ3n) is 3.62. The Morgan fingerprint density at radius 3 is 2.06 bits per heavy atom. The maximum Gasteiger partial charge on any atom is 0.159 e. The molecular weight excluding hydrogens is 232 g/mol. The molecule has 2 aromatic rings. The smallest absolute Gasteiger partial charge is 0.159 e. The molecule has 92 valence electrons. The van der Waals surface area contributed by atoms with Gasteiger partial charge in [-0.15, -0.1) is 0 Å². The Morgan fingerprint density at radius 2 is 1.50 bits per heavy atom. The highest BCUT2D eigenvalue weighted by atomic mass is 19.2. The van der Waals surface area contributed by atoms with Crippen LogP contribution in [-0.4, -0.2) is 0 Å². The van der Waals surface area contributed by atoms with Crippen molar-refractivity contribution in [2.75, 3.05) is 0 Å². The largest absolute Gasteiger partial charge is 0.321 e. The zero-order chi connectivity index (χ0) is 12.8. The molecule has 2 aromatic carbocycles.